The molecule has 1 aliphatic rings. The van der Waals surface area contributed by atoms with Gasteiger partial charge in [-0.05, 0) is 25.0 Å². The van der Waals surface area contributed by atoms with Crippen molar-refractivity contribution in [1.82, 2.24) is 4.57 Å². The molecule has 4 heteroatoms. The van der Waals surface area contributed by atoms with E-state index in [1.54, 1.807) is 6.07 Å². The fourth-order valence-corrected chi connectivity index (χ4v) is 2.59. The summed E-state index contributed by atoms with van der Waals surface area (Å²) in [6.07, 6.45) is 1.33. The van der Waals surface area contributed by atoms with Crippen molar-refractivity contribution >= 4 is 16.9 Å². The second kappa shape index (κ2) is 3.58. The van der Waals surface area contributed by atoms with Gasteiger partial charge in [0.25, 0.3) is 0 Å². The number of carbonyl (C=O) groups is 1. The van der Waals surface area contributed by atoms with Crippen LogP contribution in [0.4, 0.5) is 4.39 Å². The first-order valence-electron chi connectivity index (χ1n) is 5.66. The highest BCUT2D eigenvalue weighted by atomic mass is 19.1. The molecule has 3 nitrogen and oxygen atoms in total. The molecule has 17 heavy (non-hydrogen) atoms. The average molecular weight is 233 g/mol. The van der Waals surface area contributed by atoms with Gasteiger partial charge in [0.15, 0.2) is 0 Å². The van der Waals surface area contributed by atoms with Crippen molar-refractivity contribution < 1.29 is 14.3 Å². The number of nitrogens with zero attached hydrogens (tertiary/aromatic N) is 1. The van der Waals surface area contributed by atoms with E-state index in [0.29, 0.717) is 24.9 Å². The monoisotopic (exact) mass is 233 g/mol. The van der Waals surface area contributed by atoms with E-state index in [-0.39, 0.29) is 5.82 Å². The minimum atomic E-state index is -0.797. The van der Waals surface area contributed by atoms with Gasteiger partial charge in [-0.15, -0.1) is 0 Å². The summed E-state index contributed by atoms with van der Waals surface area (Å²) in [5.41, 5.74) is 1.57. The Kier molecular flexibility index (Phi) is 2.18. The number of aryl methyl sites for hydroxylation is 1. The van der Waals surface area contributed by atoms with Gasteiger partial charge in [0.1, 0.15) is 5.82 Å². The normalized spacial score (nSPS) is 19.2. The Labute approximate surface area is 97.5 Å². The highest BCUT2D eigenvalue weighted by molar-refractivity contribution is 5.82. The molecule has 0 saturated heterocycles. The fourth-order valence-electron chi connectivity index (χ4n) is 2.59. The standard InChI is InChI=1S/C13H12FNO2/c14-11-3-1-2-8-6-10-5-4-9(13(16)17)7-15(10)12(8)11/h1-3,6,9H,4-5,7H2,(H,16,17). The van der Waals surface area contributed by atoms with Crippen LogP contribution in [0.1, 0.15) is 12.1 Å². The second-order valence-corrected chi connectivity index (χ2v) is 4.50. The summed E-state index contributed by atoms with van der Waals surface area (Å²) in [5.74, 6) is -1.48. The molecule has 0 spiro atoms. The Hall–Kier alpha value is -1.84. The molecule has 2 heterocycles. The number of aromatic nitrogens is 1. The predicted octanol–water partition coefficient (Wildman–Crippen LogP) is 2.43. The number of benzene rings is 1. The number of carboxylic acids is 1. The lowest BCUT2D eigenvalue weighted by Crippen LogP contribution is -2.26. The van der Waals surface area contributed by atoms with Crippen LogP contribution in [-0.2, 0) is 17.8 Å². The molecule has 1 aromatic heterocycles. The van der Waals surface area contributed by atoms with E-state index in [1.165, 1.54) is 6.07 Å². The number of hydrogen-bond acceptors (Lipinski definition) is 1. The second-order valence-electron chi connectivity index (χ2n) is 4.50. The Bertz CT molecular complexity index is 603. The minimum Gasteiger partial charge on any atom is -0.481 e. The Morgan fingerprint density at radius 2 is 2.29 bits per heavy atom. The quantitative estimate of drug-likeness (QED) is 0.822. The van der Waals surface area contributed by atoms with Gasteiger partial charge in [-0.1, -0.05) is 12.1 Å². The molecule has 88 valence electrons. The molecule has 1 aliphatic heterocycles. The van der Waals surface area contributed by atoms with Gasteiger partial charge in [-0.3, -0.25) is 4.79 Å². The number of fused-ring (bicyclic) bond motifs is 3. The van der Waals surface area contributed by atoms with Crippen molar-refractivity contribution in [3.05, 3.63) is 35.8 Å². The predicted molar refractivity (Wildman–Crippen MR) is 61.3 cm³/mol. The van der Waals surface area contributed by atoms with Crippen LogP contribution in [0.5, 0.6) is 0 Å². The Morgan fingerprint density at radius 3 is 3.06 bits per heavy atom. The van der Waals surface area contributed by atoms with Crippen LogP contribution < -0.4 is 0 Å². The van der Waals surface area contributed by atoms with E-state index < -0.39 is 11.9 Å². The summed E-state index contributed by atoms with van der Waals surface area (Å²) in [7, 11) is 0. The lowest BCUT2D eigenvalue weighted by atomic mass is 9.98. The number of carboxylic acid groups (broad SMARTS) is 1. The summed E-state index contributed by atoms with van der Waals surface area (Å²) >= 11 is 0. The molecular weight excluding hydrogens is 221 g/mol. The van der Waals surface area contributed by atoms with Gasteiger partial charge in [-0.25, -0.2) is 4.39 Å². The van der Waals surface area contributed by atoms with Crippen LogP contribution in [0.2, 0.25) is 0 Å². The molecule has 1 atom stereocenters. The molecule has 0 amide bonds. The maximum Gasteiger partial charge on any atom is 0.308 e. The van der Waals surface area contributed by atoms with Crippen molar-refractivity contribution in [2.75, 3.05) is 0 Å². The lowest BCUT2D eigenvalue weighted by Gasteiger charge is -2.22. The molecule has 3 rings (SSSR count). The zero-order chi connectivity index (χ0) is 12.0. The topological polar surface area (TPSA) is 42.2 Å². The minimum absolute atomic E-state index is 0.278. The van der Waals surface area contributed by atoms with Crippen LogP contribution >= 0.6 is 0 Å². The van der Waals surface area contributed by atoms with Crippen molar-refractivity contribution in [2.45, 2.75) is 19.4 Å². The van der Waals surface area contributed by atoms with E-state index in [0.717, 1.165) is 11.1 Å². The fraction of sp³-hybridized carbons (Fsp3) is 0.308. The van der Waals surface area contributed by atoms with Crippen LogP contribution in [0.15, 0.2) is 24.3 Å². The molecule has 0 fully saturated rings. The summed E-state index contributed by atoms with van der Waals surface area (Å²) in [4.78, 5) is 11.0. The maximum absolute atomic E-state index is 13.8. The third-order valence-corrected chi connectivity index (χ3v) is 3.46. The molecule has 0 saturated carbocycles. The van der Waals surface area contributed by atoms with Gasteiger partial charge in [-0.2, -0.15) is 0 Å². The van der Waals surface area contributed by atoms with Gasteiger partial charge in [0, 0.05) is 17.6 Å². The van der Waals surface area contributed by atoms with Gasteiger partial charge in [0.2, 0.25) is 0 Å². The molecule has 0 aliphatic carbocycles. The molecule has 0 bridgehead atoms. The van der Waals surface area contributed by atoms with E-state index in [1.807, 2.05) is 16.7 Å². The summed E-state index contributed by atoms with van der Waals surface area (Å²) < 4.78 is 15.6. The molecule has 2 aromatic rings. The van der Waals surface area contributed by atoms with Gasteiger partial charge in [0.05, 0.1) is 11.4 Å². The van der Waals surface area contributed by atoms with Gasteiger partial charge < -0.3 is 9.67 Å². The van der Waals surface area contributed by atoms with E-state index in [2.05, 4.69) is 0 Å². The van der Waals surface area contributed by atoms with Crippen molar-refractivity contribution in [2.24, 2.45) is 5.92 Å². The zero-order valence-corrected chi connectivity index (χ0v) is 9.19. The summed E-state index contributed by atoms with van der Waals surface area (Å²) in [6, 6.07) is 6.91. The van der Waals surface area contributed by atoms with Crippen LogP contribution in [-0.4, -0.2) is 15.6 Å². The number of hydrogen-bond donors (Lipinski definition) is 1. The van der Waals surface area contributed by atoms with Crippen LogP contribution in [0.25, 0.3) is 10.9 Å². The maximum atomic E-state index is 13.8. The molecule has 1 unspecified atom stereocenters. The van der Waals surface area contributed by atoms with Crippen LogP contribution in [0, 0.1) is 11.7 Å². The van der Waals surface area contributed by atoms with Crippen molar-refractivity contribution in [3.63, 3.8) is 0 Å². The third-order valence-electron chi connectivity index (χ3n) is 3.46. The number of aliphatic carboxylic acids is 1. The molecule has 0 radical (unpaired) electrons. The highest BCUT2D eigenvalue weighted by Gasteiger charge is 2.26. The molecular formula is C13H12FNO2. The average Bonchev–Trinajstić information content (AvgIpc) is 2.67. The van der Waals surface area contributed by atoms with E-state index in [4.69, 9.17) is 5.11 Å². The summed E-state index contributed by atoms with van der Waals surface area (Å²) in [6.45, 7) is 0.370. The van der Waals surface area contributed by atoms with Crippen molar-refractivity contribution in [3.8, 4) is 0 Å². The molecule has 1 aromatic carbocycles. The Balaban J connectivity index is 2.17. The highest BCUT2D eigenvalue weighted by Crippen LogP contribution is 2.29. The molecule has 1 N–H and O–H groups in total. The third kappa shape index (κ3) is 1.52. The summed E-state index contributed by atoms with van der Waals surface area (Å²) in [5, 5.41) is 9.89. The first-order chi connectivity index (χ1) is 8.16. The largest absolute Gasteiger partial charge is 0.481 e. The van der Waals surface area contributed by atoms with Crippen LogP contribution in [0.3, 0.4) is 0 Å². The van der Waals surface area contributed by atoms with E-state index in [9.17, 15) is 9.18 Å². The van der Waals surface area contributed by atoms with E-state index >= 15 is 0 Å². The SMILES string of the molecule is O=C(O)C1CCc2cc3cccc(F)c3n2C1. The Morgan fingerprint density at radius 1 is 1.47 bits per heavy atom. The number of halogens is 1. The lowest BCUT2D eigenvalue weighted by molar-refractivity contribution is -0.142. The van der Waals surface area contributed by atoms with Crippen molar-refractivity contribution in [1.29, 1.82) is 0 Å². The first-order valence-corrected chi connectivity index (χ1v) is 5.66. The smallest absolute Gasteiger partial charge is 0.308 e. The first kappa shape index (κ1) is 10.3. The number of rotatable bonds is 1. The zero-order valence-electron chi connectivity index (χ0n) is 9.19. The number of para-hydroxylation sites is 1. The van der Waals surface area contributed by atoms with Gasteiger partial charge >= 0.3 is 5.97 Å².